The van der Waals surface area contributed by atoms with E-state index in [4.69, 9.17) is 0 Å². The van der Waals surface area contributed by atoms with Gasteiger partial charge in [0, 0.05) is 6.04 Å². The summed E-state index contributed by atoms with van der Waals surface area (Å²) in [7, 11) is 1.96. The summed E-state index contributed by atoms with van der Waals surface area (Å²) in [5.41, 5.74) is 2.80. The molecule has 1 unspecified atom stereocenters. The number of benzene rings is 1. The van der Waals surface area contributed by atoms with E-state index in [0.717, 1.165) is 23.9 Å². The number of fused-ring (bicyclic) bond motifs is 1. The molecule has 3 N–H and O–H groups in total. The van der Waals surface area contributed by atoms with Crippen LogP contribution in [0.4, 0.5) is 0 Å². The number of aromatic nitrogens is 2. The van der Waals surface area contributed by atoms with Crippen LogP contribution >= 0.6 is 0 Å². The maximum absolute atomic E-state index is 11.1. The van der Waals surface area contributed by atoms with Crippen LogP contribution in [0.15, 0.2) is 23.0 Å². The Hall–Kier alpha value is -1.55. The average Bonchev–Trinajstić information content (AvgIpc) is 2.64. The first-order valence-electron chi connectivity index (χ1n) is 5.63. The van der Waals surface area contributed by atoms with Crippen LogP contribution in [-0.2, 0) is 0 Å². The highest BCUT2D eigenvalue weighted by Crippen LogP contribution is 2.20. The van der Waals surface area contributed by atoms with Gasteiger partial charge < -0.3 is 15.3 Å². The van der Waals surface area contributed by atoms with Gasteiger partial charge in [0.15, 0.2) is 0 Å². The number of aromatic amines is 2. The molecule has 1 aromatic carbocycles. The molecule has 0 amide bonds. The summed E-state index contributed by atoms with van der Waals surface area (Å²) in [5.74, 6) is 0. The molecule has 0 spiro atoms. The molecule has 0 aliphatic rings. The molecule has 0 saturated heterocycles. The molecule has 2 aromatic rings. The van der Waals surface area contributed by atoms with Crippen molar-refractivity contribution in [3.8, 4) is 0 Å². The van der Waals surface area contributed by atoms with E-state index in [9.17, 15) is 4.79 Å². The molecule has 1 atom stereocenters. The minimum Gasteiger partial charge on any atom is -0.313 e. The van der Waals surface area contributed by atoms with E-state index in [-0.39, 0.29) is 5.69 Å². The quantitative estimate of drug-likeness (QED) is 0.735. The average molecular weight is 219 g/mol. The Bertz CT molecular complexity index is 526. The number of hydrogen-bond acceptors (Lipinski definition) is 2. The van der Waals surface area contributed by atoms with Crippen molar-refractivity contribution < 1.29 is 0 Å². The van der Waals surface area contributed by atoms with Crippen molar-refractivity contribution in [2.24, 2.45) is 0 Å². The molecule has 0 fully saturated rings. The lowest BCUT2D eigenvalue weighted by Crippen LogP contribution is -2.15. The van der Waals surface area contributed by atoms with Crippen molar-refractivity contribution >= 4 is 11.0 Å². The summed E-state index contributed by atoms with van der Waals surface area (Å²) in [5, 5.41) is 3.29. The smallest absolute Gasteiger partial charge is 0.313 e. The molecule has 16 heavy (non-hydrogen) atoms. The first-order chi connectivity index (χ1) is 7.74. The summed E-state index contributed by atoms with van der Waals surface area (Å²) in [6.45, 7) is 2.17. The first-order valence-corrected chi connectivity index (χ1v) is 5.63. The Balaban J connectivity index is 2.40. The van der Waals surface area contributed by atoms with Gasteiger partial charge >= 0.3 is 5.69 Å². The molecular formula is C12H17N3O. The van der Waals surface area contributed by atoms with Gasteiger partial charge in [0.25, 0.3) is 0 Å². The van der Waals surface area contributed by atoms with E-state index in [1.165, 1.54) is 5.56 Å². The number of hydrogen-bond donors (Lipinski definition) is 3. The number of H-pyrrole nitrogens is 2. The fourth-order valence-electron chi connectivity index (χ4n) is 2.03. The fourth-order valence-corrected chi connectivity index (χ4v) is 2.03. The predicted molar refractivity (Wildman–Crippen MR) is 65.6 cm³/mol. The van der Waals surface area contributed by atoms with Crippen molar-refractivity contribution in [1.29, 1.82) is 0 Å². The van der Waals surface area contributed by atoms with E-state index < -0.39 is 0 Å². The monoisotopic (exact) mass is 219 g/mol. The second-order valence-corrected chi connectivity index (χ2v) is 4.01. The highest BCUT2D eigenvalue weighted by Gasteiger charge is 2.09. The maximum Gasteiger partial charge on any atom is 0.323 e. The molecular weight excluding hydrogens is 202 g/mol. The molecule has 0 aliphatic heterocycles. The van der Waals surface area contributed by atoms with Crippen LogP contribution in [0, 0.1) is 0 Å². The summed E-state index contributed by atoms with van der Waals surface area (Å²) in [6.07, 6.45) is 2.23. The minimum absolute atomic E-state index is 0.149. The molecule has 0 saturated carbocycles. The van der Waals surface area contributed by atoms with E-state index in [1.807, 2.05) is 19.2 Å². The lowest BCUT2D eigenvalue weighted by Gasteiger charge is -2.15. The van der Waals surface area contributed by atoms with E-state index >= 15 is 0 Å². The van der Waals surface area contributed by atoms with Crippen LogP contribution in [0.25, 0.3) is 11.0 Å². The first kappa shape index (κ1) is 11.0. The Kier molecular flexibility index (Phi) is 3.10. The van der Waals surface area contributed by atoms with Gasteiger partial charge in [0.1, 0.15) is 0 Å². The van der Waals surface area contributed by atoms with Crippen LogP contribution in [0.2, 0.25) is 0 Å². The lowest BCUT2D eigenvalue weighted by atomic mass is 10.0. The minimum atomic E-state index is -0.149. The lowest BCUT2D eigenvalue weighted by molar-refractivity contribution is 0.542. The van der Waals surface area contributed by atoms with Gasteiger partial charge in [-0.3, -0.25) is 0 Å². The van der Waals surface area contributed by atoms with E-state index in [0.29, 0.717) is 6.04 Å². The van der Waals surface area contributed by atoms with E-state index in [1.54, 1.807) is 0 Å². The molecule has 0 aliphatic carbocycles. The zero-order valence-electron chi connectivity index (χ0n) is 9.63. The molecule has 4 nitrogen and oxygen atoms in total. The highest BCUT2D eigenvalue weighted by molar-refractivity contribution is 5.75. The topological polar surface area (TPSA) is 60.7 Å². The zero-order chi connectivity index (χ0) is 11.5. The Morgan fingerprint density at radius 3 is 2.75 bits per heavy atom. The summed E-state index contributed by atoms with van der Waals surface area (Å²) >= 11 is 0. The van der Waals surface area contributed by atoms with Gasteiger partial charge in [-0.15, -0.1) is 0 Å². The standard InChI is InChI=1S/C12H17N3O/c1-3-4-9(13-2)8-5-6-10-11(7-8)15-12(16)14-10/h5-7,9,13H,3-4H2,1-2H3,(H2,14,15,16). The molecule has 1 heterocycles. The predicted octanol–water partition coefficient (Wildman–Crippen LogP) is 1.92. The third-order valence-electron chi connectivity index (χ3n) is 2.87. The van der Waals surface area contributed by atoms with Gasteiger partial charge in [-0.05, 0) is 31.2 Å². The maximum atomic E-state index is 11.1. The van der Waals surface area contributed by atoms with Crippen molar-refractivity contribution in [3.63, 3.8) is 0 Å². The Morgan fingerprint density at radius 2 is 2.06 bits per heavy atom. The molecule has 2 rings (SSSR count). The second-order valence-electron chi connectivity index (χ2n) is 4.01. The SMILES string of the molecule is CCCC(NC)c1ccc2[nH]c(=O)[nH]c2c1. The molecule has 1 aromatic heterocycles. The molecule has 0 bridgehead atoms. The van der Waals surface area contributed by atoms with Gasteiger partial charge in [0.2, 0.25) is 0 Å². The normalized spacial score (nSPS) is 13.1. The van der Waals surface area contributed by atoms with Crippen molar-refractivity contribution in [2.75, 3.05) is 7.05 Å². The van der Waals surface area contributed by atoms with Gasteiger partial charge in [-0.25, -0.2) is 4.79 Å². The third kappa shape index (κ3) is 2.02. The zero-order valence-corrected chi connectivity index (χ0v) is 9.63. The van der Waals surface area contributed by atoms with Gasteiger partial charge in [-0.2, -0.15) is 0 Å². The summed E-state index contributed by atoms with van der Waals surface area (Å²) < 4.78 is 0. The highest BCUT2D eigenvalue weighted by atomic mass is 16.1. The third-order valence-corrected chi connectivity index (χ3v) is 2.87. The van der Waals surface area contributed by atoms with Crippen LogP contribution < -0.4 is 11.0 Å². The Morgan fingerprint density at radius 1 is 1.31 bits per heavy atom. The van der Waals surface area contributed by atoms with Gasteiger partial charge in [0.05, 0.1) is 11.0 Å². The summed E-state index contributed by atoms with van der Waals surface area (Å²) in [6, 6.07) is 6.39. The van der Waals surface area contributed by atoms with Crippen LogP contribution in [0.3, 0.4) is 0 Å². The van der Waals surface area contributed by atoms with Crippen LogP contribution in [-0.4, -0.2) is 17.0 Å². The van der Waals surface area contributed by atoms with Crippen molar-refractivity contribution in [1.82, 2.24) is 15.3 Å². The second kappa shape index (κ2) is 4.53. The van der Waals surface area contributed by atoms with Crippen molar-refractivity contribution in [2.45, 2.75) is 25.8 Å². The van der Waals surface area contributed by atoms with Crippen molar-refractivity contribution in [3.05, 3.63) is 34.2 Å². The van der Waals surface area contributed by atoms with E-state index in [2.05, 4.69) is 28.3 Å². The fraction of sp³-hybridized carbons (Fsp3) is 0.417. The molecule has 86 valence electrons. The molecule has 4 heteroatoms. The van der Waals surface area contributed by atoms with Crippen LogP contribution in [0.1, 0.15) is 31.4 Å². The largest absolute Gasteiger partial charge is 0.323 e. The number of nitrogens with one attached hydrogen (secondary N) is 3. The Labute approximate surface area is 94.1 Å². The molecule has 0 radical (unpaired) electrons. The number of imidazole rings is 1. The van der Waals surface area contributed by atoms with Gasteiger partial charge in [-0.1, -0.05) is 19.4 Å². The number of rotatable bonds is 4. The van der Waals surface area contributed by atoms with Crippen LogP contribution in [0.5, 0.6) is 0 Å². The summed E-state index contributed by atoms with van der Waals surface area (Å²) in [4.78, 5) is 16.7.